The molecule has 2 N–H and O–H groups in total. The summed E-state index contributed by atoms with van der Waals surface area (Å²) in [5.74, 6) is 0.679. The lowest BCUT2D eigenvalue weighted by molar-refractivity contribution is -0.121. The Morgan fingerprint density at radius 3 is 2.53 bits per heavy atom. The topological polar surface area (TPSA) is 58.6 Å². The summed E-state index contributed by atoms with van der Waals surface area (Å²) < 4.78 is 7.12. The Balaban J connectivity index is 1.86. The average molecular weight is 393 g/mol. The standard InChI is InChI=1S/C13H15Br2NO3/c14-10-5-8(7-17)6-11(15)13(10)19-4-3-12(18)16-9-1-2-9/h5-6,9,17H,1-4,7H2,(H,16,18). The second kappa shape index (κ2) is 6.72. The summed E-state index contributed by atoms with van der Waals surface area (Å²) in [5, 5.41) is 12.0. The third-order valence-electron chi connectivity index (χ3n) is 2.76. The molecule has 0 unspecified atom stereocenters. The highest BCUT2D eigenvalue weighted by atomic mass is 79.9. The second-order valence-electron chi connectivity index (χ2n) is 4.49. The Hall–Kier alpha value is -0.590. The van der Waals surface area contributed by atoms with Gasteiger partial charge in [-0.2, -0.15) is 0 Å². The van der Waals surface area contributed by atoms with Gasteiger partial charge in [0.15, 0.2) is 0 Å². The van der Waals surface area contributed by atoms with Crippen molar-refractivity contribution in [2.45, 2.75) is 31.9 Å². The quantitative estimate of drug-likeness (QED) is 0.782. The van der Waals surface area contributed by atoms with Crippen molar-refractivity contribution in [2.24, 2.45) is 0 Å². The SMILES string of the molecule is O=C(CCOc1c(Br)cc(CO)cc1Br)NC1CC1. The van der Waals surface area contributed by atoms with Gasteiger partial charge in [0, 0.05) is 6.04 Å². The van der Waals surface area contributed by atoms with Crippen LogP contribution in [0.15, 0.2) is 21.1 Å². The van der Waals surface area contributed by atoms with Crippen molar-refractivity contribution in [3.8, 4) is 5.75 Å². The van der Waals surface area contributed by atoms with Crippen molar-refractivity contribution in [2.75, 3.05) is 6.61 Å². The fourth-order valence-corrected chi connectivity index (χ4v) is 3.13. The minimum absolute atomic E-state index is 0.0265. The van der Waals surface area contributed by atoms with Gasteiger partial charge in [0.1, 0.15) is 5.75 Å². The van der Waals surface area contributed by atoms with Gasteiger partial charge in [-0.1, -0.05) is 0 Å². The van der Waals surface area contributed by atoms with E-state index in [0.717, 1.165) is 27.4 Å². The average Bonchev–Trinajstić information content (AvgIpc) is 3.16. The van der Waals surface area contributed by atoms with Gasteiger partial charge in [-0.25, -0.2) is 0 Å². The highest BCUT2D eigenvalue weighted by Gasteiger charge is 2.23. The number of halogens is 2. The highest BCUT2D eigenvalue weighted by molar-refractivity contribution is 9.11. The molecular weight excluding hydrogens is 378 g/mol. The number of carbonyl (C=O) groups is 1. The molecule has 1 aromatic rings. The fourth-order valence-electron chi connectivity index (χ4n) is 1.61. The minimum Gasteiger partial charge on any atom is -0.491 e. The van der Waals surface area contributed by atoms with Crippen molar-refractivity contribution in [3.63, 3.8) is 0 Å². The molecule has 1 aliphatic carbocycles. The van der Waals surface area contributed by atoms with Gasteiger partial charge < -0.3 is 15.2 Å². The van der Waals surface area contributed by atoms with E-state index in [-0.39, 0.29) is 12.5 Å². The summed E-state index contributed by atoms with van der Waals surface area (Å²) in [4.78, 5) is 11.5. The number of aliphatic hydroxyl groups is 1. The van der Waals surface area contributed by atoms with Gasteiger partial charge in [0.05, 0.1) is 28.6 Å². The van der Waals surface area contributed by atoms with Gasteiger partial charge in [0.2, 0.25) is 5.91 Å². The number of hydrogen-bond donors (Lipinski definition) is 2. The van der Waals surface area contributed by atoms with Crippen LogP contribution in [0, 0.1) is 0 Å². The van der Waals surface area contributed by atoms with E-state index in [1.54, 1.807) is 12.1 Å². The predicted molar refractivity (Wildman–Crippen MR) is 79.0 cm³/mol. The molecule has 0 atom stereocenters. The molecule has 1 fully saturated rings. The van der Waals surface area contributed by atoms with Crippen molar-refractivity contribution >= 4 is 37.8 Å². The number of amides is 1. The molecule has 104 valence electrons. The zero-order chi connectivity index (χ0) is 13.8. The summed E-state index contributed by atoms with van der Waals surface area (Å²) in [5.41, 5.74) is 0.789. The van der Waals surface area contributed by atoms with Gasteiger partial charge in [-0.05, 0) is 62.4 Å². The molecule has 19 heavy (non-hydrogen) atoms. The van der Waals surface area contributed by atoms with Gasteiger partial charge >= 0.3 is 0 Å². The van der Waals surface area contributed by atoms with E-state index in [4.69, 9.17) is 9.84 Å². The van der Waals surface area contributed by atoms with Gasteiger partial charge in [-0.15, -0.1) is 0 Å². The molecule has 2 rings (SSSR count). The molecule has 0 aromatic heterocycles. The first kappa shape index (κ1) is 14.8. The van der Waals surface area contributed by atoms with Crippen LogP contribution in [-0.4, -0.2) is 23.7 Å². The number of benzene rings is 1. The first-order valence-electron chi connectivity index (χ1n) is 6.11. The van der Waals surface area contributed by atoms with Crippen molar-refractivity contribution in [1.82, 2.24) is 5.32 Å². The van der Waals surface area contributed by atoms with Crippen LogP contribution in [0.3, 0.4) is 0 Å². The molecule has 1 aromatic carbocycles. The lowest BCUT2D eigenvalue weighted by Crippen LogP contribution is -2.26. The molecule has 0 heterocycles. The molecule has 0 spiro atoms. The molecule has 0 radical (unpaired) electrons. The molecule has 4 nitrogen and oxygen atoms in total. The summed E-state index contributed by atoms with van der Waals surface area (Å²) in [6.07, 6.45) is 2.52. The lowest BCUT2D eigenvalue weighted by Gasteiger charge is -2.11. The summed E-state index contributed by atoms with van der Waals surface area (Å²) in [7, 11) is 0. The number of carbonyl (C=O) groups excluding carboxylic acids is 1. The van der Waals surface area contributed by atoms with Crippen molar-refractivity contribution in [1.29, 1.82) is 0 Å². The molecule has 1 amide bonds. The Morgan fingerprint density at radius 1 is 1.37 bits per heavy atom. The molecule has 6 heteroatoms. The maximum atomic E-state index is 11.5. The van der Waals surface area contributed by atoms with Crippen LogP contribution >= 0.6 is 31.9 Å². The first-order valence-corrected chi connectivity index (χ1v) is 7.69. The van der Waals surface area contributed by atoms with Gasteiger partial charge in [0.25, 0.3) is 0 Å². The van der Waals surface area contributed by atoms with E-state index in [2.05, 4.69) is 37.2 Å². The van der Waals surface area contributed by atoms with Crippen LogP contribution in [-0.2, 0) is 11.4 Å². The molecule has 1 aliphatic rings. The number of hydrogen-bond acceptors (Lipinski definition) is 3. The maximum absolute atomic E-state index is 11.5. The Kier molecular flexibility index (Phi) is 5.24. The monoisotopic (exact) mass is 391 g/mol. The van der Waals surface area contributed by atoms with Gasteiger partial charge in [-0.3, -0.25) is 4.79 Å². The zero-order valence-electron chi connectivity index (χ0n) is 10.3. The zero-order valence-corrected chi connectivity index (χ0v) is 13.5. The Morgan fingerprint density at radius 2 is 2.00 bits per heavy atom. The fraction of sp³-hybridized carbons (Fsp3) is 0.462. The van der Waals surface area contributed by atoms with E-state index in [9.17, 15) is 4.79 Å². The summed E-state index contributed by atoms with van der Waals surface area (Å²) in [6, 6.07) is 3.98. The third kappa shape index (κ3) is 4.47. The normalized spacial score (nSPS) is 14.3. The number of aliphatic hydroxyl groups excluding tert-OH is 1. The van der Waals surface area contributed by atoms with E-state index >= 15 is 0 Å². The van der Waals surface area contributed by atoms with Crippen LogP contribution in [0.25, 0.3) is 0 Å². The molecule has 0 bridgehead atoms. The number of rotatable bonds is 6. The smallest absolute Gasteiger partial charge is 0.223 e. The molecular formula is C13H15Br2NO3. The van der Waals surface area contributed by atoms with E-state index < -0.39 is 0 Å². The van der Waals surface area contributed by atoms with E-state index in [1.807, 2.05) is 0 Å². The first-order chi connectivity index (χ1) is 9.10. The van der Waals surface area contributed by atoms with Crippen LogP contribution in [0.4, 0.5) is 0 Å². The molecule has 0 aliphatic heterocycles. The van der Waals surface area contributed by atoms with Crippen LogP contribution in [0.1, 0.15) is 24.8 Å². The third-order valence-corrected chi connectivity index (χ3v) is 3.94. The highest BCUT2D eigenvalue weighted by Crippen LogP contribution is 2.34. The lowest BCUT2D eigenvalue weighted by atomic mass is 10.2. The van der Waals surface area contributed by atoms with Crippen LogP contribution in [0.5, 0.6) is 5.75 Å². The largest absolute Gasteiger partial charge is 0.491 e. The summed E-state index contributed by atoms with van der Waals surface area (Å²) in [6.45, 7) is 0.301. The minimum atomic E-state index is -0.0265. The Labute approximate surface area is 128 Å². The molecule has 0 saturated heterocycles. The van der Waals surface area contributed by atoms with E-state index in [0.29, 0.717) is 24.8 Å². The Bertz CT molecular complexity index is 452. The number of ether oxygens (including phenoxy) is 1. The molecule has 1 saturated carbocycles. The van der Waals surface area contributed by atoms with Crippen LogP contribution < -0.4 is 10.1 Å². The van der Waals surface area contributed by atoms with Crippen molar-refractivity contribution < 1.29 is 14.6 Å². The van der Waals surface area contributed by atoms with Crippen molar-refractivity contribution in [3.05, 3.63) is 26.6 Å². The van der Waals surface area contributed by atoms with Crippen LogP contribution in [0.2, 0.25) is 0 Å². The van der Waals surface area contributed by atoms with E-state index in [1.165, 1.54) is 0 Å². The second-order valence-corrected chi connectivity index (χ2v) is 6.20. The predicted octanol–water partition coefficient (Wildman–Crippen LogP) is 2.75. The summed E-state index contributed by atoms with van der Waals surface area (Å²) >= 11 is 6.78. The number of nitrogens with one attached hydrogen (secondary N) is 1. The maximum Gasteiger partial charge on any atom is 0.223 e.